The van der Waals surface area contributed by atoms with Crippen LogP contribution in [0.4, 0.5) is 4.39 Å². The van der Waals surface area contributed by atoms with Crippen molar-refractivity contribution < 1.29 is 18.4 Å². The molecule has 0 aliphatic heterocycles. The summed E-state index contributed by atoms with van der Waals surface area (Å²) in [6.45, 7) is 0.507. The van der Waals surface area contributed by atoms with Crippen molar-refractivity contribution in [2.45, 2.75) is 13.0 Å². The average molecular weight is 355 g/mol. The first-order valence-corrected chi connectivity index (χ1v) is 8.13. The number of rotatable bonds is 7. The largest absolute Gasteiger partial charge is 0.484 e. The van der Waals surface area contributed by atoms with Crippen LogP contribution in [0.3, 0.4) is 0 Å². The summed E-state index contributed by atoms with van der Waals surface area (Å²) in [4.78, 5) is 17.9. The molecule has 0 aliphatic rings. The van der Waals surface area contributed by atoms with Crippen molar-refractivity contribution in [2.24, 2.45) is 0 Å². The third kappa shape index (κ3) is 4.44. The third-order valence-electron chi connectivity index (χ3n) is 3.74. The lowest BCUT2D eigenvalue weighted by atomic mass is 10.2. The summed E-state index contributed by atoms with van der Waals surface area (Å²) in [5.41, 5.74) is 0.0417. The van der Waals surface area contributed by atoms with Gasteiger partial charge in [0, 0.05) is 20.0 Å². The van der Waals surface area contributed by atoms with E-state index in [-0.39, 0.29) is 18.1 Å². The molecule has 0 bridgehead atoms. The maximum Gasteiger partial charge on any atom is 0.264 e. The van der Waals surface area contributed by atoms with Crippen LogP contribution in [0.1, 0.15) is 22.1 Å². The number of aromatic nitrogens is 2. The lowest BCUT2D eigenvalue weighted by Crippen LogP contribution is -2.29. The number of halogens is 1. The van der Waals surface area contributed by atoms with Crippen LogP contribution in [0.5, 0.6) is 5.75 Å². The van der Waals surface area contributed by atoms with Crippen molar-refractivity contribution in [1.29, 1.82) is 0 Å². The summed E-state index contributed by atoms with van der Waals surface area (Å²) in [5, 5.41) is 3.87. The van der Waals surface area contributed by atoms with Gasteiger partial charge in [-0.2, -0.15) is 4.98 Å². The molecule has 0 spiro atoms. The van der Waals surface area contributed by atoms with E-state index in [1.165, 1.54) is 17.0 Å². The minimum Gasteiger partial charge on any atom is -0.484 e. The van der Waals surface area contributed by atoms with Gasteiger partial charge in [0.15, 0.2) is 12.4 Å². The van der Waals surface area contributed by atoms with Gasteiger partial charge in [-0.3, -0.25) is 4.79 Å². The Morgan fingerprint density at radius 1 is 1.15 bits per heavy atom. The Bertz CT molecular complexity index is 867. The monoisotopic (exact) mass is 355 g/mol. The Morgan fingerprint density at radius 3 is 2.65 bits per heavy atom. The number of likely N-dealkylation sites (N-methyl/N-ethyl adjacent to an activating group) is 1. The van der Waals surface area contributed by atoms with E-state index in [4.69, 9.17) is 9.26 Å². The van der Waals surface area contributed by atoms with Gasteiger partial charge in [-0.15, -0.1) is 0 Å². The molecule has 0 atom stereocenters. The van der Waals surface area contributed by atoms with Crippen molar-refractivity contribution in [3.8, 4) is 5.75 Å². The van der Waals surface area contributed by atoms with Gasteiger partial charge in [0.2, 0.25) is 0 Å². The van der Waals surface area contributed by atoms with Crippen molar-refractivity contribution in [2.75, 3.05) is 13.6 Å². The third-order valence-corrected chi connectivity index (χ3v) is 3.74. The molecular formula is C19H18FN3O3. The van der Waals surface area contributed by atoms with Gasteiger partial charge >= 0.3 is 0 Å². The van der Waals surface area contributed by atoms with E-state index in [0.717, 1.165) is 0 Å². The molecule has 0 radical (unpaired) electrons. The molecule has 2 aromatic carbocycles. The number of nitrogens with zero attached hydrogens (tertiary/aromatic N) is 3. The van der Waals surface area contributed by atoms with Gasteiger partial charge in [-0.25, -0.2) is 4.39 Å². The zero-order chi connectivity index (χ0) is 18.4. The summed E-state index contributed by atoms with van der Waals surface area (Å²) in [5.74, 6) is 0.600. The molecule has 26 heavy (non-hydrogen) atoms. The van der Waals surface area contributed by atoms with E-state index in [0.29, 0.717) is 30.4 Å². The average Bonchev–Trinajstić information content (AvgIpc) is 3.13. The zero-order valence-electron chi connectivity index (χ0n) is 14.3. The molecule has 0 N–H and O–H groups in total. The number of ether oxygens (including phenoxy) is 1. The zero-order valence-corrected chi connectivity index (χ0v) is 14.3. The van der Waals surface area contributed by atoms with Gasteiger partial charge in [-0.1, -0.05) is 35.5 Å². The van der Waals surface area contributed by atoms with E-state index in [2.05, 4.69) is 10.1 Å². The van der Waals surface area contributed by atoms with E-state index < -0.39 is 5.82 Å². The Balaban J connectivity index is 1.51. The fraction of sp³-hybridized carbons (Fsp3) is 0.211. The maximum atomic E-state index is 13.7. The van der Waals surface area contributed by atoms with Crippen LogP contribution in [-0.4, -0.2) is 34.5 Å². The highest BCUT2D eigenvalue weighted by Crippen LogP contribution is 2.12. The molecule has 7 heteroatoms. The molecule has 1 heterocycles. The molecule has 3 rings (SSSR count). The lowest BCUT2D eigenvalue weighted by molar-refractivity contribution is 0.0791. The van der Waals surface area contributed by atoms with Crippen LogP contribution >= 0.6 is 0 Å². The fourth-order valence-corrected chi connectivity index (χ4v) is 2.32. The van der Waals surface area contributed by atoms with E-state index in [1.54, 1.807) is 19.2 Å². The Kier molecular flexibility index (Phi) is 5.58. The lowest BCUT2D eigenvalue weighted by Gasteiger charge is -2.16. The van der Waals surface area contributed by atoms with Crippen LogP contribution in [-0.2, 0) is 13.0 Å². The van der Waals surface area contributed by atoms with Gasteiger partial charge in [0.25, 0.3) is 11.8 Å². The second kappa shape index (κ2) is 8.24. The summed E-state index contributed by atoms with van der Waals surface area (Å²) >= 11 is 0. The van der Waals surface area contributed by atoms with Gasteiger partial charge < -0.3 is 14.2 Å². The second-order valence-electron chi connectivity index (χ2n) is 5.66. The topological polar surface area (TPSA) is 68.5 Å². The molecule has 0 unspecified atom stereocenters. The molecule has 0 saturated heterocycles. The first kappa shape index (κ1) is 17.6. The van der Waals surface area contributed by atoms with Crippen LogP contribution in [0.15, 0.2) is 59.1 Å². The van der Waals surface area contributed by atoms with Crippen LogP contribution in [0, 0.1) is 5.82 Å². The Morgan fingerprint density at radius 2 is 1.88 bits per heavy atom. The highest BCUT2D eigenvalue weighted by molar-refractivity contribution is 5.94. The van der Waals surface area contributed by atoms with Crippen molar-refractivity contribution in [3.63, 3.8) is 0 Å². The Labute approximate surface area is 150 Å². The molecule has 0 saturated carbocycles. The Hall–Kier alpha value is -3.22. The number of hydrogen-bond acceptors (Lipinski definition) is 5. The molecule has 1 aromatic heterocycles. The molecule has 0 fully saturated rings. The first-order chi connectivity index (χ1) is 12.6. The molecule has 1 amide bonds. The minimum atomic E-state index is -0.538. The molecule has 134 valence electrons. The van der Waals surface area contributed by atoms with E-state index in [9.17, 15) is 9.18 Å². The van der Waals surface area contributed by atoms with Gasteiger partial charge in [-0.05, 0) is 24.3 Å². The fourth-order valence-electron chi connectivity index (χ4n) is 2.32. The van der Waals surface area contributed by atoms with Crippen LogP contribution in [0.25, 0.3) is 0 Å². The normalized spacial score (nSPS) is 10.5. The molecule has 0 aliphatic carbocycles. The standard InChI is InChI=1S/C19H18FN3O3/c1-23(19(24)15-9-5-6-10-16(15)20)12-11-17-21-18(26-22-17)13-25-14-7-3-2-4-8-14/h2-10H,11-13H2,1H3. The minimum absolute atomic E-state index is 0.0417. The predicted molar refractivity (Wildman–Crippen MR) is 92.1 cm³/mol. The SMILES string of the molecule is CN(CCc1noc(COc2ccccc2)n1)C(=O)c1ccccc1F. The molecular weight excluding hydrogens is 337 g/mol. The summed E-state index contributed by atoms with van der Waals surface area (Å²) in [6.07, 6.45) is 0.394. The maximum absolute atomic E-state index is 13.7. The second-order valence-corrected chi connectivity index (χ2v) is 5.66. The molecule has 3 aromatic rings. The van der Waals surface area contributed by atoms with Crippen molar-refractivity contribution >= 4 is 5.91 Å². The quantitative estimate of drug-likeness (QED) is 0.651. The predicted octanol–water partition coefficient (Wildman–Crippen LogP) is 3.10. The van der Waals surface area contributed by atoms with E-state index >= 15 is 0 Å². The van der Waals surface area contributed by atoms with Crippen molar-refractivity contribution in [1.82, 2.24) is 15.0 Å². The van der Waals surface area contributed by atoms with Gasteiger partial charge in [0.1, 0.15) is 11.6 Å². The summed E-state index contributed by atoms with van der Waals surface area (Å²) in [7, 11) is 1.61. The van der Waals surface area contributed by atoms with E-state index in [1.807, 2.05) is 30.3 Å². The van der Waals surface area contributed by atoms with Crippen LogP contribution < -0.4 is 4.74 Å². The van der Waals surface area contributed by atoms with Crippen LogP contribution in [0.2, 0.25) is 0 Å². The number of hydrogen-bond donors (Lipinski definition) is 0. The first-order valence-electron chi connectivity index (χ1n) is 8.13. The van der Waals surface area contributed by atoms with Gasteiger partial charge in [0.05, 0.1) is 5.56 Å². The number of amides is 1. The summed E-state index contributed by atoms with van der Waals surface area (Å²) < 4.78 is 24.4. The number of carbonyl (C=O) groups is 1. The number of carbonyl (C=O) groups excluding carboxylic acids is 1. The highest BCUT2D eigenvalue weighted by Gasteiger charge is 2.16. The number of para-hydroxylation sites is 1. The summed E-state index contributed by atoms with van der Waals surface area (Å²) in [6, 6.07) is 15.2. The molecule has 6 nitrogen and oxygen atoms in total. The number of benzene rings is 2. The highest BCUT2D eigenvalue weighted by atomic mass is 19.1. The van der Waals surface area contributed by atoms with Crippen molar-refractivity contribution in [3.05, 3.63) is 77.7 Å². The smallest absolute Gasteiger partial charge is 0.264 e.